The van der Waals surface area contributed by atoms with Gasteiger partial charge in [-0.05, 0) is 37.1 Å². The van der Waals surface area contributed by atoms with E-state index in [1.807, 2.05) is 11.6 Å². The summed E-state index contributed by atoms with van der Waals surface area (Å²) in [5.74, 6) is 0. The number of hydrogen-bond donors (Lipinski definition) is 0. The molecule has 0 unspecified atom stereocenters. The number of anilines is 1. The summed E-state index contributed by atoms with van der Waals surface area (Å²) < 4.78 is 61.2. The molecular formula is C18H23F6N2P. The average molecular weight is 412 g/mol. The van der Waals surface area contributed by atoms with Crippen LogP contribution in [0.15, 0.2) is 48.8 Å². The van der Waals surface area contributed by atoms with E-state index in [0.717, 1.165) is 13.1 Å². The molecule has 0 N–H and O–H groups in total. The fourth-order valence-electron chi connectivity index (χ4n) is 2.20. The SMILES string of the molecule is CCN(CC)c1ccc(/C=C/c2cc[n+](C)cc2)cc1.F[P-](F)(F)(F)(F)F. The van der Waals surface area contributed by atoms with Crippen molar-refractivity contribution in [3.05, 3.63) is 59.9 Å². The van der Waals surface area contributed by atoms with Crippen molar-refractivity contribution in [3.8, 4) is 0 Å². The van der Waals surface area contributed by atoms with Gasteiger partial charge in [-0.25, -0.2) is 4.57 Å². The summed E-state index contributed by atoms with van der Waals surface area (Å²) in [6.45, 7) is 6.47. The van der Waals surface area contributed by atoms with Gasteiger partial charge in [-0.15, -0.1) is 0 Å². The molecule has 0 spiro atoms. The first-order valence-electron chi connectivity index (χ1n) is 8.22. The van der Waals surface area contributed by atoms with Crippen LogP contribution in [0.4, 0.5) is 30.9 Å². The quantitative estimate of drug-likeness (QED) is 0.294. The third kappa shape index (κ3) is 12.0. The van der Waals surface area contributed by atoms with Crippen LogP contribution in [0.5, 0.6) is 0 Å². The first-order valence-corrected chi connectivity index (χ1v) is 10.3. The van der Waals surface area contributed by atoms with E-state index in [-0.39, 0.29) is 0 Å². The van der Waals surface area contributed by atoms with Gasteiger partial charge in [-0.1, -0.05) is 24.3 Å². The Bertz CT molecular complexity index is 738. The second kappa shape index (κ2) is 7.89. The molecule has 1 aromatic heterocycles. The van der Waals surface area contributed by atoms with E-state index in [4.69, 9.17) is 0 Å². The second-order valence-electron chi connectivity index (χ2n) is 5.85. The summed E-state index contributed by atoms with van der Waals surface area (Å²) in [7, 11) is -8.63. The normalized spacial score (nSPS) is 14.1. The Hall–Kier alpha value is -2.08. The predicted molar refractivity (Wildman–Crippen MR) is 100 cm³/mol. The number of pyridine rings is 1. The zero-order valence-corrected chi connectivity index (χ0v) is 16.2. The molecule has 0 atom stereocenters. The maximum atomic E-state index is 9.87. The van der Waals surface area contributed by atoms with E-state index in [2.05, 4.69) is 79.7 Å². The minimum absolute atomic E-state index is 1.05. The minimum atomic E-state index is -10.7. The molecular weight excluding hydrogens is 389 g/mol. The first kappa shape index (κ1) is 23.0. The molecule has 9 heteroatoms. The third-order valence-electron chi connectivity index (χ3n) is 3.49. The number of nitrogens with zero attached hydrogens (tertiary/aromatic N) is 2. The van der Waals surface area contributed by atoms with Crippen LogP contribution in [0.2, 0.25) is 0 Å². The summed E-state index contributed by atoms with van der Waals surface area (Å²) in [5.41, 5.74) is 3.74. The molecule has 0 bridgehead atoms. The van der Waals surface area contributed by atoms with E-state index < -0.39 is 7.81 Å². The number of aryl methyl sites for hydroxylation is 1. The Labute approximate surface area is 155 Å². The van der Waals surface area contributed by atoms with E-state index in [1.165, 1.54) is 16.8 Å². The standard InChI is InChI=1S/C18H23N2.F6P/c1-4-20(5-2)18-10-8-16(9-11-18)6-7-17-12-14-19(3)15-13-17;1-7(2,3,4,5)6/h6-15H,4-5H2,1-3H3;/q+1;-1. The number of benzene rings is 1. The summed E-state index contributed by atoms with van der Waals surface area (Å²) in [5, 5.41) is 0. The van der Waals surface area contributed by atoms with Gasteiger partial charge in [0.1, 0.15) is 7.05 Å². The third-order valence-corrected chi connectivity index (χ3v) is 3.49. The summed E-state index contributed by atoms with van der Waals surface area (Å²) in [6.07, 6.45) is 8.42. The van der Waals surface area contributed by atoms with Gasteiger partial charge in [-0.3, -0.25) is 0 Å². The van der Waals surface area contributed by atoms with E-state index in [9.17, 15) is 25.2 Å². The van der Waals surface area contributed by atoms with Gasteiger partial charge < -0.3 is 4.90 Å². The number of aromatic nitrogens is 1. The molecule has 2 nitrogen and oxygen atoms in total. The maximum absolute atomic E-state index is 10.7. The van der Waals surface area contributed by atoms with Crippen molar-refractivity contribution in [3.63, 3.8) is 0 Å². The van der Waals surface area contributed by atoms with Crippen LogP contribution in [-0.4, -0.2) is 13.1 Å². The Balaban J connectivity index is 0.000000445. The molecule has 0 aliphatic carbocycles. The fraction of sp³-hybridized carbons (Fsp3) is 0.278. The van der Waals surface area contributed by atoms with Crippen LogP contribution >= 0.6 is 7.81 Å². The molecule has 0 aliphatic heterocycles. The van der Waals surface area contributed by atoms with Gasteiger partial charge >= 0.3 is 33.0 Å². The van der Waals surface area contributed by atoms with Gasteiger partial charge in [0, 0.05) is 30.9 Å². The molecule has 152 valence electrons. The van der Waals surface area contributed by atoms with Gasteiger partial charge in [-0.2, -0.15) is 0 Å². The molecule has 0 radical (unpaired) electrons. The fourth-order valence-corrected chi connectivity index (χ4v) is 2.20. The van der Waals surface area contributed by atoms with Gasteiger partial charge in [0.2, 0.25) is 0 Å². The molecule has 0 saturated carbocycles. The zero-order chi connectivity index (χ0) is 20.8. The Morgan fingerprint density at radius 3 is 1.52 bits per heavy atom. The first-order chi connectivity index (χ1) is 12.2. The molecule has 0 amide bonds. The molecule has 2 rings (SSSR count). The van der Waals surface area contributed by atoms with Crippen LogP contribution < -0.4 is 9.47 Å². The average Bonchev–Trinajstić information content (AvgIpc) is 2.54. The van der Waals surface area contributed by atoms with Crippen molar-refractivity contribution in [2.24, 2.45) is 7.05 Å². The van der Waals surface area contributed by atoms with E-state index in [1.54, 1.807) is 0 Å². The molecule has 2 aromatic rings. The number of rotatable bonds is 5. The molecule has 0 fully saturated rings. The Morgan fingerprint density at radius 1 is 0.778 bits per heavy atom. The summed E-state index contributed by atoms with van der Waals surface area (Å²) in [4.78, 5) is 2.35. The van der Waals surface area contributed by atoms with Crippen molar-refractivity contribution in [2.75, 3.05) is 18.0 Å². The van der Waals surface area contributed by atoms with Crippen LogP contribution in [0.1, 0.15) is 25.0 Å². The second-order valence-corrected chi connectivity index (χ2v) is 7.77. The zero-order valence-electron chi connectivity index (χ0n) is 15.3. The van der Waals surface area contributed by atoms with Gasteiger partial charge in [0.15, 0.2) is 12.4 Å². The number of halogens is 6. The van der Waals surface area contributed by atoms with Crippen LogP contribution in [0.25, 0.3) is 12.2 Å². The van der Waals surface area contributed by atoms with Crippen LogP contribution in [0.3, 0.4) is 0 Å². The van der Waals surface area contributed by atoms with Crippen molar-refractivity contribution >= 4 is 25.6 Å². The van der Waals surface area contributed by atoms with Crippen molar-refractivity contribution in [1.29, 1.82) is 0 Å². The summed E-state index contributed by atoms with van der Waals surface area (Å²) in [6, 6.07) is 13.0. The molecule has 0 saturated heterocycles. The Morgan fingerprint density at radius 2 is 1.15 bits per heavy atom. The predicted octanol–water partition coefficient (Wildman–Crippen LogP) is 6.91. The van der Waals surface area contributed by atoms with E-state index >= 15 is 0 Å². The Kier molecular flexibility index (Phi) is 6.71. The van der Waals surface area contributed by atoms with Gasteiger partial charge in [0.05, 0.1) is 0 Å². The molecule has 0 aliphatic rings. The van der Waals surface area contributed by atoms with Crippen molar-refractivity contribution in [1.82, 2.24) is 0 Å². The van der Waals surface area contributed by atoms with Crippen molar-refractivity contribution < 1.29 is 29.7 Å². The van der Waals surface area contributed by atoms with Crippen LogP contribution in [-0.2, 0) is 7.05 Å². The van der Waals surface area contributed by atoms with Gasteiger partial charge in [0.25, 0.3) is 0 Å². The number of hydrogen-bond acceptors (Lipinski definition) is 1. The molecule has 27 heavy (non-hydrogen) atoms. The van der Waals surface area contributed by atoms with E-state index in [0.29, 0.717) is 0 Å². The van der Waals surface area contributed by atoms with Crippen molar-refractivity contribution in [2.45, 2.75) is 13.8 Å². The van der Waals surface area contributed by atoms with Crippen LogP contribution in [0, 0.1) is 0 Å². The molecule has 1 heterocycles. The monoisotopic (exact) mass is 412 g/mol. The topological polar surface area (TPSA) is 7.12 Å². The molecule has 1 aromatic carbocycles. The summed E-state index contributed by atoms with van der Waals surface area (Å²) >= 11 is 0.